The molecule has 6 nitrogen and oxygen atoms in total. The predicted octanol–water partition coefficient (Wildman–Crippen LogP) is 2.98. The molecule has 0 bridgehead atoms. The minimum absolute atomic E-state index is 0.0284. The number of nitrogens with zero attached hydrogens (tertiary/aromatic N) is 1. The molecule has 1 amide bonds. The van der Waals surface area contributed by atoms with E-state index in [1.54, 1.807) is 0 Å². The molecule has 1 aromatic rings. The Morgan fingerprint density at radius 1 is 1.38 bits per heavy atom. The van der Waals surface area contributed by atoms with Gasteiger partial charge in [0, 0.05) is 18.7 Å². The first kappa shape index (κ1) is 18.1. The number of nitro benzene ring substituents is 1. The predicted molar refractivity (Wildman–Crippen MR) is 91.3 cm³/mol. The quantitative estimate of drug-likeness (QED) is 0.476. The molecular formula is C18H24N2O4. The number of allylic oxidation sites excluding steroid dienone is 2. The Bertz CT molecular complexity index is 660. The van der Waals surface area contributed by atoms with Gasteiger partial charge in [-0.25, -0.2) is 0 Å². The standard InChI is InChI=1S/C18H24N2O4/c1-11(2)9-14-16(18(14,3)4)17(22)19-10-15(21)12-5-7-13(8-6-12)20(23)24/h5-9,14-16,21H,10H2,1-4H3,(H,19,22)/t14-,15+,16+/m1/s1. The highest BCUT2D eigenvalue weighted by Crippen LogP contribution is 2.59. The average molecular weight is 332 g/mol. The highest BCUT2D eigenvalue weighted by Gasteiger charge is 2.60. The summed E-state index contributed by atoms with van der Waals surface area (Å²) in [4.78, 5) is 22.5. The van der Waals surface area contributed by atoms with E-state index in [1.807, 2.05) is 13.8 Å². The molecule has 0 aliphatic heterocycles. The van der Waals surface area contributed by atoms with Crippen molar-refractivity contribution in [3.8, 4) is 0 Å². The van der Waals surface area contributed by atoms with Gasteiger partial charge in [0.15, 0.2) is 0 Å². The molecule has 0 spiro atoms. The van der Waals surface area contributed by atoms with E-state index in [-0.39, 0.29) is 35.4 Å². The van der Waals surface area contributed by atoms with E-state index >= 15 is 0 Å². The van der Waals surface area contributed by atoms with E-state index in [9.17, 15) is 20.0 Å². The van der Waals surface area contributed by atoms with Gasteiger partial charge >= 0.3 is 0 Å². The number of benzene rings is 1. The molecule has 0 heterocycles. The SMILES string of the molecule is CC(C)=C[C@@H]1[C@@H](C(=O)NC[C@H](O)c2ccc([N+](=O)[O-])cc2)C1(C)C. The van der Waals surface area contributed by atoms with E-state index < -0.39 is 11.0 Å². The van der Waals surface area contributed by atoms with Crippen molar-refractivity contribution in [2.24, 2.45) is 17.3 Å². The van der Waals surface area contributed by atoms with E-state index in [0.717, 1.165) is 0 Å². The fraction of sp³-hybridized carbons (Fsp3) is 0.500. The first-order valence-corrected chi connectivity index (χ1v) is 7.99. The molecule has 3 atom stereocenters. The van der Waals surface area contributed by atoms with E-state index in [4.69, 9.17) is 0 Å². The minimum Gasteiger partial charge on any atom is -0.387 e. The molecule has 24 heavy (non-hydrogen) atoms. The third-order valence-electron chi connectivity index (χ3n) is 4.66. The zero-order valence-corrected chi connectivity index (χ0v) is 14.4. The van der Waals surface area contributed by atoms with Gasteiger partial charge in [0.05, 0.1) is 16.9 Å². The van der Waals surface area contributed by atoms with Crippen LogP contribution in [0.25, 0.3) is 0 Å². The van der Waals surface area contributed by atoms with Crippen LogP contribution in [0, 0.1) is 27.4 Å². The van der Waals surface area contributed by atoms with Gasteiger partial charge in [-0.1, -0.05) is 25.5 Å². The normalized spacial score (nSPS) is 22.4. The summed E-state index contributed by atoms with van der Waals surface area (Å²) in [5.41, 5.74) is 1.63. The number of carbonyl (C=O) groups excluding carboxylic acids is 1. The van der Waals surface area contributed by atoms with E-state index in [2.05, 4.69) is 25.2 Å². The Balaban J connectivity index is 1.92. The van der Waals surface area contributed by atoms with Crippen LogP contribution < -0.4 is 5.32 Å². The third-order valence-corrected chi connectivity index (χ3v) is 4.66. The minimum atomic E-state index is -0.890. The van der Waals surface area contributed by atoms with Crippen molar-refractivity contribution in [1.82, 2.24) is 5.32 Å². The molecule has 1 aliphatic carbocycles. The highest BCUT2D eigenvalue weighted by molar-refractivity contribution is 5.83. The number of aliphatic hydroxyl groups excluding tert-OH is 1. The van der Waals surface area contributed by atoms with Crippen LogP contribution in [0.15, 0.2) is 35.9 Å². The van der Waals surface area contributed by atoms with Crippen LogP contribution in [0.1, 0.15) is 39.4 Å². The molecule has 0 saturated heterocycles. The fourth-order valence-corrected chi connectivity index (χ4v) is 3.09. The summed E-state index contributed by atoms with van der Waals surface area (Å²) in [5, 5.41) is 23.6. The maximum Gasteiger partial charge on any atom is 0.269 e. The molecular weight excluding hydrogens is 308 g/mol. The van der Waals surface area contributed by atoms with Crippen LogP contribution >= 0.6 is 0 Å². The Labute approximate surface area is 141 Å². The van der Waals surface area contributed by atoms with Crippen molar-refractivity contribution in [3.63, 3.8) is 0 Å². The average Bonchev–Trinajstić information content (AvgIpc) is 3.04. The molecule has 2 N–H and O–H groups in total. The van der Waals surface area contributed by atoms with Crippen LogP contribution in [0.5, 0.6) is 0 Å². The van der Waals surface area contributed by atoms with Gasteiger partial charge in [0.1, 0.15) is 0 Å². The molecule has 1 saturated carbocycles. The molecule has 1 aliphatic rings. The second kappa shape index (κ2) is 6.73. The van der Waals surface area contributed by atoms with Gasteiger partial charge in [-0.05, 0) is 42.9 Å². The molecule has 0 unspecified atom stereocenters. The number of nitro groups is 1. The molecule has 1 fully saturated rings. The summed E-state index contributed by atoms with van der Waals surface area (Å²) in [7, 11) is 0. The van der Waals surface area contributed by atoms with Crippen molar-refractivity contribution < 1.29 is 14.8 Å². The lowest BCUT2D eigenvalue weighted by molar-refractivity contribution is -0.384. The molecule has 2 rings (SSSR count). The monoisotopic (exact) mass is 332 g/mol. The van der Waals surface area contributed by atoms with Crippen LogP contribution in [0.3, 0.4) is 0 Å². The summed E-state index contributed by atoms with van der Waals surface area (Å²) >= 11 is 0. The Morgan fingerprint density at radius 3 is 2.46 bits per heavy atom. The topological polar surface area (TPSA) is 92.5 Å². The van der Waals surface area contributed by atoms with Crippen LogP contribution in [-0.4, -0.2) is 22.5 Å². The van der Waals surface area contributed by atoms with Crippen molar-refractivity contribution in [2.45, 2.75) is 33.8 Å². The number of hydrogen-bond acceptors (Lipinski definition) is 4. The van der Waals surface area contributed by atoms with Gasteiger partial charge in [-0.15, -0.1) is 0 Å². The summed E-state index contributed by atoms with van der Waals surface area (Å²) in [5.74, 6) is 0.0685. The first-order chi connectivity index (χ1) is 11.1. The smallest absolute Gasteiger partial charge is 0.269 e. The van der Waals surface area contributed by atoms with Gasteiger partial charge in [0.2, 0.25) is 5.91 Å². The van der Waals surface area contributed by atoms with Crippen molar-refractivity contribution >= 4 is 11.6 Å². The fourth-order valence-electron chi connectivity index (χ4n) is 3.09. The number of carbonyl (C=O) groups is 1. The van der Waals surface area contributed by atoms with Gasteiger partial charge in [-0.3, -0.25) is 14.9 Å². The number of hydrogen-bond donors (Lipinski definition) is 2. The zero-order valence-electron chi connectivity index (χ0n) is 14.4. The maximum absolute atomic E-state index is 12.4. The lowest BCUT2D eigenvalue weighted by Gasteiger charge is -2.12. The maximum atomic E-state index is 12.4. The summed E-state index contributed by atoms with van der Waals surface area (Å²) in [6.07, 6.45) is 1.23. The second-order valence-electron chi connectivity index (χ2n) is 7.18. The van der Waals surface area contributed by atoms with Gasteiger partial charge in [0.25, 0.3) is 5.69 Å². The number of amides is 1. The summed E-state index contributed by atoms with van der Waals surface area (Å²) in [6.45, 7) is 8.25. The Morgan fingerprint density at radius 2 is 1.96 bits per heavy atom. The summed E-state index contributed by atoms with van der Waals surface area (Å²) < 4.78 is 0. The van der Waals surface area contributed by atoms with Crippen molar-refractivity contribution in [2.75, 3.05) is 6.54 Å². The largest absolute Gasteiger partial charge is 0.387 e. The first-order valence-electron chi connectivity index (χ1n) is 7.99. The molecule has 1 aromatic carbocycles. The molecule has 6 heteroatoms. The Kier molecular flexibility index (Phi) is 5.08. The van der Waals surface area contributed by atoms with Crippen molar-refractivity contribution in [1.29, 1.82) is 0 Å². The van der Waals surface area contributed by atoms with Gasteiger partial charge < -0.3 is 10.4 Å². The van der Waals surface area contributed by atoms with E-state index in [1.165, 1.54) is 29.8 Å². The van der Waals surface area contributed by atoms with E-state index in [0.29, 0.717) is 5.56 Å². The van der Waals surface area contributed by atoms with Crippen LogP contribution in [0.2, 0.25) is 0 Å². The highest BCUT2D eigenvalue weighted by atomic mass is 16.6. The lowest BCUT2D eigenvalue weighted by atomic mass is 10.1. The summed E-state index contributed by atoms with van der Waals surface area (Å²) in [6, 6.07) is 5.69. The third kappa shape index (κ3) is 3.82. The number of aliphatic hydroxyl groups is 1. The Hall–Kier alpha value is -2.21. The zero-order chi connectivity index (χ0) is 18.1. The number of nitrogens with one attached hydrogen (secondary N) is 1. The number of non-ortho nitro benzene ring substituents is 1. The van der Waals surface area contributed by atoms with Crippen molar-refractivity contribution in [3.05, 3.63) is 51.6 Å². The molecule has 0 radical (unpaired) electrons. The number of rotatable bonds is 6. The van der Waals surface area contributed by atoms with Crippen LogP contribution in [0.4, 0.5) is 5.69 Å². The molecule has 130 valence electrons. The lowest BCUT2D eigenvalue weighted by Crippen LogP contribution is -2.31. The van der Waals surface area contributed by atoms with Crippen LogP contribution in [-0.2, 0) is 4.79 Å². The van der Waals surface area contributed by atoms with Gasteiger partial charge in [-0.2, -0.15) is 0 Å². The molecule has 0 aromatic heterocycles. The second-order valence-corrected chi connectivity index (χ2v) is 7.18.